The minimum Gasteiger partial charge on any atom is -0.480 e. The quantitative estimate of drug-likeness (QED) is 0.655. The lowest BCUT2D eigenvalue weighted by atomic mass is 10.2. The normalized spacial score (nSPS) is 11.9. The molecule has 1 aromatic carbocycles. The van der Waals surface area contributed by atoms with Crippen molar-refractivity contribution in [3.63, 3.8) is 0 Å². The number of nitrogens with one attached hydrogen (secondary N) is 1. The number of anilines is 1. The largest absolute Gasteiger partial charge is 0.480 e. The summed E-state index contributed by atoms with van der Waals surface area (Å²) >= 11 is 3.04. The molecule has 6 nitrogen and oxygen atoms in total. The molecule has 0 radical (unpaired) electrons. The minimum atomic E-state index is -1.02. The van der Waals surface area contributed by atoms with Gasteiger partial charge in [0.05, 0.1) is 9.40 Å². The van der Waals surface area contributed by atoms with E-state index in [1.807, 2.05) is 0 Å². The second-order valence-corrected chi connectivity index (χ2v) is 3.98. The van der Waals surface area contributed by atoms with Gasteiger partial charge in [0.25, 0.3) is 5.69 Å². The fourth-order valence-electron chi connectivity index (χ4n) is 1.05. The zero-order valence-electron chi connectivity index (χ0n) is 8.31. The topological polar surface area (TPSA) is 92.5 Å². The van der Waals surface area contributed by atoms with Gasteiger partial charge in [-0.25, -0.2) is 0 Å². The Kier molecular flexibility index (Phi) is 3.83. The van der Waals surface area contributed by atoms with Gasteiger partial charge in [-0.1, -0.05) is 0 Å². The number of carbonyl (C=O) groups is 1. The maximum Gasteiger partial charge on any atom is 0.325 e. The molecule has 0 aromatic heterocycles. The Morgan fingerprint density at radius 1 is 1.62 bits per heavy atom. The van der Waals surface area contributed by atoms with Crippen molar-refractivity contribution in [1.29, 1.82) is 0 Å². The van der Waals surface area contributed by atoms with E-state index in [9.17, 15) is 14.9 Å². The Hall–Kier alpha value is -1.63. The van der Waals surface area contributed by atoms with Crippen LogP contribution in [-0.4, -0.2) is 22.0 Å². The first kappa shape index (κ1) is 12.4. The van der Waals surface area contributed by atoms with Crippen molar-refractivity contribution in [3.8, 4) is 0 Å². The van der Waals surface area contributed by atoms with E-state index < -0.39 is 16.9 Å². The van der Waals surface area contributed by atoms with Crippen molar-refractivity contribution in [2.24, 2.45) is 0 Å². The fraction of sp³-hybridized carbons (Fsp3) is 0.222. The number of aliphatic carboxylic acids is 1. The van der Waals surface area contributed by atoms with Gasteiger partial charge in [-0.2, -0.15) is 0 Å². The Morgan fingerprint density at radius 3 is 2.75 bits per heavy atom. The molecule has 7 heteroatoms. The van der Waals surface area contributed by atoms with E-state index in [1.165, 1.54) is 19.1 Å². The molecule has 0 spiro atoms. The van der Waals surface area contributed by atoms with Crippen molar-refractivity contribution in [1.82, 2.24) is 0 Å². The van der Waals surface area contributed by atoms with Gasteiger partial charge in [0.2, 0.25) is 0 Å². The molecule has 1 aromatic rings. The van der Waals surface area contributed by atoms with Crippen LogP contribution in [-0.2, 0) is 4.79 Å². The van der Waals surface area contributed by atoms with Gasteiger partial charge in [-0.3, -0.25) is 14.9 Å². The predicted octanol–water partition coefficient (Wildman–Crippen LogP) is 2.24. The summed E-state index contributed by atoms with van der Waals surface area (Å²) < 4.78 is 0.353. The molecule has 0 amide bonds. The zero-order chi connectivity index (χ0) is 12.3. The molecule has 0 saturated carbocycles. The predicted molar refractivity (Wildman–Crippen MR) is 61.5 cm³/mol. The molecule has 0 fully saturated rings. The van der Waals surface area contributed by atoms with Gasteiger partial charge >= 0.3 is 5.97 Å². The van der Waals surface area contributed by atoms with Gasteiger partial charge in [-0.15, -0.1) is 0 Å². The summed E-state index contributed by atoms with van der Waals surface area (Å²) in [6, 6.07) is 3.54. The molecule has 0 aliphatic rings. The summed E-state index contributed by atoms with van der Waals surface area (Å²) in [4.78, 5) is 20.7. The summed E-state index contributed by atoms with van der Waals surface area (Å²) in [7, 11) is 0. The van der Waals surface area contributed by atoms with Gasteiger partial charge in [0, 0.05) is 11.8 Å². The van der Waals surface area contributed by atoms with Crippen LogP contribution in [0.2, 0.25) is 0 Å². The van der Waals surface area contributed by atoms with E-state index in [4.69, 9.17) is 5.11 Å². The molecular formula is C9H9BrN2O4. The second-order valence-electron chi connectivity index (χ2n) is 3.13. The van der Waals surface area contributed by atoms with Crippen LogP contribution < -0.4 is 5.32 Å². The summed E-state index contributed by atoms with van der Waals surface area (Å²) in [5, 5.41) is 21.9. The van der Waals surface area contributed by atoms with Crippen LogP contribution in [0.3, 0.4) is 0 Å². The standard InChI is InChI=1S/C9H9BrN2O4/c1-5(9(13)14)11-6-2-3-7(10)8(4-6)12(15)16/h2-5,11H,1H3,(H,13,14). The molecule has 2 N–H and O–H groups in total. The number of nitro groups is 1. The van der Waals surface area contributed by atoms with Crippen molar-refractivity contribution in [2.75, 3.05) is 5.32 Å². The van der Waals surface area contributed by atoms with Gasteiger partial charge in [0.15, 0.2) is 0 Å². The highest BCUT2D eigenvalue weighted by Crippen LogP contribution is 2.27. The van der Waals surface area contributed by atoms with Crippen LogP contribution in [0.25, 0.3) is 0 Å². The van der Waals surface area contributed by atoms with E-state index in [2.05, 4.69) is 21.2 Å². The fourth-order valence-corrected chi connectivity index (χ4v) is 1.45. The molecule has 86 valence electrons. The highest BCUT2D eigenvalue weighted by Gasteiger charge is 2.15. The maximum atomic E-state index is 10.6. The summed E-state index contributed by atoms with van der Waals surface area (Å²) in [5.41, 5.74) is 0.285. The van der Waals surface area contributed by atoms with E-state index in [1.54, 1.807) is 6.07 Å². The monoisotopic (exact) mass is 288 g/mol. The first-order valence-corrected chi connectivity index (χ1v) is 5.14. The number of carboxylic acids is 1. The van der Waals surface area contributed by atoms with Crippen LogP contribution >= 0.6 is 15.9 Å². The van der Waals surface area contributed by atoms with E-state index in [0.29, 0.717) is 10.2 Å². The highest BCUT2D eigenvalue weighted by atomic mass is 79.9. The lowest BCUT2D eigenvalue weighted by Gasteiger charge is -2.10. The van der Waals surface area contributed by atoms with Crippen LogP contribution in [0.5, 0.6) is 0 Å². The van der Waals surface area contributed by atoms with Gasteiger partial charge in [0.1, 0.15) is 6.04 Å². The first-order valence-electron chi connectivity index (χ1n) is 4.35. The molecule has 0 aliphatic heterocycles. The van der Waals surface area contributed by atoms with E-state index in [0.717, 1.165) is 0 Å². The maximum absolute atomic E-state index is 10.6. The van der Waals surface area contributed by atoms with Crippen LogP contribution in [0.1, 0.15) is 6.92 Å². The van der Waals surface area contributed by atoms with E-state index >= 15 is 0 Å². The SMILES string of the molecule is CC(Nc1ccc(Br)c([N+](=O)[O-])c1)C(=O)O. The minimum absolute atomic E-state index is 0.109. The number of halogens is 1. The van der Waals surface area contributed by atoms with Crippen LogP contribution in [0, 0.1) is 10.1 Å². The third-order valence-electron chi connectivity index (χ3n) is 1.90. The number of benzene rings is 1. The van der Waals surface area contributed by atoms with E-state index in [-0.39, 0.29) is 5.69 Å². The number of rotatable bonds is 4. The molecule has 16 heavy (non-hydrogen) atoms. The second kappa shape index (κ2) is 4.93. The Bertz CT molecular complexity index is 436. The molecule has 0 saturated heterocycles. The number of hydrogen-bond acceptors (Lipinski definition) is 4. The summed E-state index contributed by atoms with van der Waals surface area (Å²) in [6.07, 6.45) is 0. The summed E-state index contributed by atoms with van der Waals surface area (Å²) in [6.45, 7) is 1.45. The highest BCUT2D eigenvalue weighted by molar-refractivity contribution is 9.10. The molecule has 0 aliphatic carbocycles. The third-order valence-corrected chi connectivity index (χ3v) is 2.57. The Balaban J connectivity index is 2.95. The lowest BCUT2D eigenvalue weighted by Crippen LogP contribution is -2.25. The first-order chi connectivity index (χ1) is 7.41. The lowest BCUT2D eigenvalue weighted by molar-refractivity contribution is -0.385. The molecule has 0 heterocycles. The van der Waals surface area contributed by atoms with Crippen molar-refractivity contribution in [3.05, 3.63) is 32.8 Å². The molecule has 1 unspecified atom stereocenters. The average Bonchev–Trinajstić information content (AvgIpc) is 2.20. The Morgan fingerprint density at radius 2 is 2.25 bits per heavy atom. The van der Waals surface area contributed by atoms with Crippen LogP contribution in [0.15, 0.2) is 22.7 Å². The zero-order valence-corrected chi connectivity index (χ0v) is 9.89. The van der Waals surface area contributed by atoms with Crippen molar-refractivity contribution >= 4 is 33.3 Å². The number of nitrogens with zero attached hydrogens (tertiary/aromatic N) is 1. The Labute approximate surface area is 99.6 Å². The summed E-state index contributed by atoms with van der Waals surface area (Å²) in [5.74, 6) is -1.02. The van der Waals surface area contributed by atoms with Gasteiger partial charge < -0.3 is 10.4 Å². The van der Waals surface area contributed by atoms with Gasteiger partial charge in [-0.05, 0) is 35.0 Å². The van der Waals surface area contributed by atoms with Crippen LogP contribution in [0.4, 0.5) is 11.4 Å². The molecule has 1 rings (SSSR count). The number of nitro benzene ring substituents is 1. The average molecular weight is 289 g/mol. The molecule has 1 atom stereocenters. The molecular weight excluding hydrogens is 280 g/mol. The van der Waals surface area contributed by atoms with Crippen molar-refractivity contribution in [2.45, 2.75) is 13.0 Å². The smallest absolute Gasteiger partial charge is 0.325 e. The molecule has 0 bridgehead atoms. The van der Waals surface area contributed by atoms with Crippen molar-refractivity contribution < 1.29 is 14.8 Å². The number of carboxylic acid groups (broad SMARTS) is 1. The third kappa shape index (κ3) is 2.93. The number of hydrogen-bond donors (Lipinski definition) is 2.